The third kappa shape index (κ3) is 3.34. The molecule has 120 valence electrons. The topological polar surface area (TPSA) is 34.9 Å². The molecule has 2 aromatic heterocycles. The maximum atomic E-state index is 13.1. The number of alkyl halides is 1. The second-order valence-electron chi connectivity index (χ2n) is 5.09. The van der Waals surface area contributed by atoms with Gasteiger partial charge in [-0.3, -0.25) is 9.36 Å². The van der Waals surface area contributed by atoms with Gasteiger partial charge in [-0.05, 0) is 43.8 Å². The average molecular weight is 521 g/mol. The molecule has 0 aliphatic carbocycles. The van der Waals surface area contributed by atoms with Gasteiger partial charge in [0.1, 0.15) is 10.7 Å². The SMILES string of the molecule is CCC(Br)c1nc2sc(Br)c(Br)c2c(=O)n1Cc1ccccc1. The van der Waals surface area contributed by atoms with E-state index in [0.717, 1.165) is 30.9 Å². The first kappa shape index (κ1) is 17.3. The molecule has 0 saturated heterocycles. The van der Waals surface area contributed by atoms with Gasteiger partial charge in [-0.15, -0.1) is 11.3 Å². The molecule has 0 aliphatic rings. The van der Waals surface area contributed by atoms with Crippen molar-refractivity contribution in [2.75, 3.05) is 0 Å². The van der Waals surface area contributed by atoms with Gasteiger partial charge < -0.3 is 0 Å². The molecule has 0 bridgehead atoms. The standard InChI is InChI=1S/C16H13Br3N2OS/c1-2-10(17)14-20-15-11(12(18)13(19)23-15)16(22)21(14)8-9-6-4-3-5-7-9/h3-7,10H,2,8H2,1H3. The summed E-state index contributed by atoms with van der Waals surface area (Å²) in [6, 6.07) is 9.98. The highest BCUT2D eigenvalue weighted by Crippen LogP contribution is 2.38. The summed E-state index contributed by atoms with van der Waals surface area (Å²) in [6.45, 7) is 2.59. The Bertz CT molecular complexity index is 905. The predicted octanol–water partition coefficient (Wildman–Crippen LogP) is 5.88. The molecule has 1 aromatic carbocycles. The van der Waals surface area contributed by atoms with E-state index in [-0.39, 0.29) is 10.4 Å². The first-order chi connectivity index (χ1) is 11.0. The van der Waals surface area contributed by atoms with E-state index < -0.39 is 0 Å². The van der Waals surface area contributed by atoms with Gasteiger partial charge in [0, 0.05) is 0 Å². The van der Waals surface area contributed by atoms with Crippen molar-refractivity contribution in [2.45, 2.75) is 24.7 Å². The van der Waals surface area contributed by atoms with Crippen LogP contribution in [0.3, 0.4) is 0 Å². The van der Waals surface area contributed by atoms with Gasteiger partial charge in [0.15, 0.2) is 0 Å². The highest BCUT2D eigenvalue weighted by atomic mass is 79.9. The molecule has 0 N–H and O–H groups in total. The Labute approximate surface area is 163 Å². The van der Waals surface area contributed by atoms with E-state index in [9.17, 15) is 4.79 Å². The minimum atomic E-state index is -0.0134. The zero-order valence-electron chi connectivity index (χ0n) is 12.2. The summed E-state index contributed by atoms with van der Waals surface area (Å²) >= 11 is 12.1. The Morgan fingerprint density at radius 3 is 2.61 bits per heavy atom. The van der Waals surface area contributed by atoms with E-state index in [1.54, 1.807) is 4.57 Å². The van der Waals surface area contributed by atoms with Crippen molar-refractivity contribution in [2.24, 2.45) is 0 Å². The molecule has 3 nitrogen and oxygen atoms in total. The number of nitrogens with zero attached hydrogens (tertiary/aromatic N) is 2. The van der Waals surface area contributed by atoms with Crippen molar-refractivity contribution in [3.63, 3.8) is 0 Å². The van der Waals surface area contributed by atoms with E-state index in [0.29, 0.717) is 11.9 Å². The summed E-state index contributed by atoms with van der Waals surface area (Å²) in [5.41, 5.74) is 1.07. The number of halogens is 3. The fourth-order valence-electron chi connectivity index (χ4n) is 2.38. The summed E-state index contributed by atoms with van der Waals surface area (Å²) in [4.78, 5) is 18.6. The molecule has 0 amide bonds. The van der Waals surface area contributed by atoms with Crippen LogP contribution in [0.25, 0.3) is 10.2 Å². The largest absolute Gasteiger partial charge is 0.291 e. The molecule has 3 rings (SSSR count). The summed E-state index contributed by atoms with van der Waals surface area (Å²) in [7, 11) is 0. The van der Waals surface area contributed by atoms with E-state index in [1.807, 2.05) is 30.3 Å². The van der Waals surface area contributed by atoms with Gasteiger partial charge in [-0.25, -0.2) is 4.98 Å². The Hall–Kier alpha value is -0.500. The van der Waals surface area contributed by atoms with Crippen LogP contribution in [0, 0.1) is 0 Å². The van der Waals surface area contributed by atoms with Crippen molar-refractivity contribution in [3.8, 4) is 0 Å². The first-order valence-corrected chi connectivity index (χ1v) is 10.4. The normalized spacial score (nSPS) is 12.7. The van der Waals surface area contributed by atoms with E-state index in [4.69, 9.17) is 4.98 Å². The Balaban J connectivity index is 2.26. The summed E-state index contributed by atoms with van der Waals surface area (Å²) in [6.07, 6.45) is 0.862. The Morgan fingerprint density at radius 1 is 1.26 bits per heavy atom. The number of hydrogen-bond donors (Lipinski definition) is 0. The van der Waals surface area contributed by atoms with Crippen LogP contribution in [0.15, 0.2) is 43.4 Å². The van der Waals surface area contributed by atoms with Crippen molar-refractivity contribution in [1.29, 1.82) is 0 Å². The van der Waals surface area contributed by atoms with Gasteiger partial charge >= 0.3 is 0 Å². The van der Waals surface area contributed by atoms with Crippen LogP contribution in [-0.2, 0) is 6.54 Å². The second-order valence-corrected chi connectivity index (χ2v) is 9.31. The molecular formula is C16H13Br3N2OS. The van der Waals surface area contributed by atoms with Gasteiger partial charge in [0.2, 0.25) is 0 Å². The molecule has 23 heavy (non-hydrogen) atoms. The lowest BCUT2D eigenvalue weighted by Gasteiger charge is -2.15. The van der Waals surface area contributed by atoms with Crippen LogP contribution >= 0.6 is 59.1 Å². The summed E-state index contributed by atoms with van der Waals surface area (Å²) in [5.74, 6) is 0.773. The van der Waals surface area contributed by atoms with Gasteiger partial charge in [0.25, 0.3) is 5.56 Å². The zero-order valence-corrected chi connectivity index (χ0v) is 17.8. The first-order valence-electron chi connectivity index (χ1n) is 7.09. The van der Waals surface area contributed by atoms with E-state index in [1.165, 1.54) is 11.3 Å². The number of hydrogen-bond acceptors (Lipinski definition) is 3. The monoisotopic (exact) mass is 518 g/mol. The van der Waals surface area contributed by atoms with E-state index in [2.05, 4.69) is 54.7 Å². The fourth-order valence-corrected chi connectivity index (χ4v) is 4.91. The molecule has 1 atom stereocenters. The minimum Gasteiger partial charge on any atom is -0.291 e. The van der Waals surface area contributed by atoms with Gasteiger partial charge in [-0.1, -0.05) is 53.2 Å². The molecule has 0 spiro atoms. The number of rotatable bonds is 4. The molecule has 0 aliphatic heterocycles. The van der Waals surface area contributed by atoms with E-state index >= 15 is 0 Å². The van der Waals surface area contributed by atoms with Crippen LogP contribution in [0.2, 0.25) is 0 Å². The maximum Gasteiger partial charge on any atom is 0.263 e. The zero-order chi connectivity index (χ0) is 16.6. The van der Waals surface area contributed by atoms with Crippen molar-refractivity contribution in [1.82, 2.24) is 9.55 Å². The second kappa shape index (κ2) is 7.17. The Morgan fingerprint density at radius 2 is 1.96 bits per heavy atom. The van der Waals surface area contributed by atoms with Crippen molar-refractivity contribution >= 4 is 69.3 Å². The number of fused-ring (bicyclic) bond motifs is 1. The van der Waals surface area contributed by atoms with Gasteiger partial charge in [-0.2, -0.15) is 0 Å². The molecule has 0 saturated carbocycles. The third-order valence-electron chi connectivity index (χ3n) is 3.57. The maximum absolute atomic E-state index is 13.1. The molecule has 3 aromatic rings. The van der Waals surface area contributed by atoms with Crippen LogP contribution in [0.4, 0.5) is 0 Å². The smallest absolute Gasteiger partial charge is 0.263 e. The molecule has 1 unspecified atom stereocenters. The molecule has 2 heterocycles. The molecule has 0 fully saturated rings. The van der Waals surface area contributed by atoms with Crippen LogP contribution in [0.5, 0.6) is 0 Å². The lowest BCUT2D eigenvalue weighted by Crippen LogP contribution is -2.26. The summed E-state index contributed by atoms with van der Waals surface area (Å²) in [5, 5.41) is 0.636. The summed E-state index contributed by atoms with van der Waals surface area (Å²) < 4.78 is 3.44. The highest BCUT2D eigenvalue weighted by Gasteiger charge is 2.21. The predicted molar refractivity (Wildman–Crippen MR) is 107 cm³/mol. The van der Waals surface area contributed by atoms with Crippen molar-refractivity contribution in [3.05, 3.63) is 60.3 Å². The van der Waals surface area contributed by atoms with Crippen LogP contribution in [-0.4, -0.2) is 9.55 Å². The van der Waals surface area contributed by atoms with Crippen LogP contribution in [0.1, 0.15) is 29.6 Å². The number of aromatic nitrogens is 2. The Kier molecular flexibility index (Phi) is 5.40. The highest BCUT2D eigenvalue weighted by molar-refractivity contribution is 9.13. The minimum absolute atomic E-state index is 0.0134. The van der Waals surface area contributed by atoms with Crippen molar-refractivity contribution < 1.29 is 0 Å². The number of benzene rings is 1. The molecule has 7 heteroatoms. The third-order valence-corrected chi connectivity index (χ3v) is 7.96. The molecule has 0 radical (unpaired) electrons. The average Bonchev–Trinajstić information content (AvgIpc) is 2.85. The lowest BCUT2D eigenvalue weighted by atomic mass is 10.2. The number of thiophene rings is 1. The lowest BCUT2D eigenvalue weighted by molar-refractivity contribution is 0.663. The quantitative estimate of drug-likeness (QED) is 0.403. The molecular weight excluding hydrogens is 508 g/mol. The van der Waals surface area contributed by atoms with Gasteiger partial charge in [0.05, 0.1) is 25.0 Å². The fraction of sp³-hybridized carbons (Fsp3) is 0.250. The van der Waals surface area contributed by atoms with Crippen LogP contribution < -0.4 is 5.56 Å².